The molecule has 1 aliphatic heterocycles. The number of amides is 1. The maximum atomic E-state index is 13.2. The van der Waals surface area contributed by atoms with Crippen molar-refractivity contribution < 1.29 is 18.0 Å². The molecule has 0 radical (unpaired) electrons. The lowest BCUT2D eigenvalue weighted by Crippen LogP contribution is -2.35. The average molecular weight is 469 g/mol. The van der Waals surface area contributed by atoms with E-state index in [-0.39, 0.29) is 17.0 Å². The number of aromatic nitrogens is 2. The van der Waals surface area contributed by atoms with Crippen molar-refractivity contribution in [2.45, 2.75) is 25.7 Å². The van der Waals surface area contributed by atoms with Gasteiger partial charge in [0.1, 0.15) is 4.83 Å². The number of rotatable bonds is 3. The number of carbonyl (C=O) groups is 1. The summed E-state index contributed by atoms with van der Waals surface area (Å²) in [4.78, 5) is 33.7. The Kier molecular flexibility index (Phi) is 5.28. The zero-order chi connectivity index (χ0) is 23.2. The molecule has 0 saturated heterocycles. The summed E-state index contributed by atoms with van der Waals surface area (Å²) < 4.78 is 40.0. The maximum Gasteiger partial charge on any atom is 0.416 e. The van der Waals surface area contributed by atoms with Crippen LogP contribution in [0.2, 0.25) is 0 Å². The number of hydrogen-bond acceptors (Lipinski definition) is 4. The lowest BCUT2D eigenvalue weighted by Gasteiger charge is -2.27. The predicted molar refractivity (Wildman–Crippen MR) is 119 cm³/mol. The van der Waals surface area contributed by atoms with E-state index in [0.29, 0.717) is 36.3 Å². The first-order valence-corrected chi connectivity index (χ1v) is 11.1. The molecule has 0 atom stereocenters. The highest BCUT2D eigenvalue weighted by Gasteiger charge is 2.31. The predicted octanol–water partition coefficient (Wildman–Crippen LogP) is 4.72. The van der Waals surface area contributed by atoms with Crippen LogP contribution in [-0.2, 0) is 25.7 Å². The topological polar surface area (TPSA) is 55.2 Å². The van der Waals surface area contributed by atoms with Crippen LogP contribution in [0.1, 0.15) is 31.9 Å². The van der Waals surface area contributed by atoms with Crippen molar-refractivity contribution in [2.24, 2.45) is 0 Å². The highest BCUT2D eigenvalue weighted by Crippen LogP contribution is 2.33. The largest absolute Gasteiger partial charge is 0.416 e. The van der Waals surface area contributed by atoms with Gasteiger partial charge in [-0.25, -0.2) is 4.98 Å². The molecule has 5 nitrogen and oxygen atoms in total. The van der Waals surface area contributed by atoms with Crippen molar-refractivity contribution in [3.8, 4) is 0 Å². The van der Waals surface area contributed by atoms with Crippen LogP contribution in [0.25, 0.3) is 10.2 Å². The Labute approximate surface area is 190 Å². The Morgan fingerprint density at radius 2 is 1.79 bits per heavy atom. The summed E-state index contributed by atoms with van der Waals surface area (Å²) in [6.07, 6.45) is -2.40. The molecule has 0 unspecified atom stereocenters. The van der Waals surface area contributed by atoms with Crippen LogP contribution in [0, 0.1) is 0 Å². The molecule has 2 aromatic heterocycles. The van der Waals surface area contributed by atoms with E-state index in [4.69, 9.17) is 0 Å². The molecule has 9 heteroatoms. The molecule has 168 valence electrons. The Morgan fingerprint density at radius 3 is 2.48 bits per heavy atom. The number of benzene rings is 2. The number of carbonyl (C=O) groups excluding carboxylic acids is 1. The van der Waals surface area contributed by atoms with Crippen molar-refractivity contribution in [1.29, 1.82) is 0 Å². The van der Waals surface area contributed by atoms with Crippen LogP contribution < -0.4 is 5.56 Å². The fourth-order valence-corrected chi connectivity index (χ4v) is 5.26. The average Bonchev–Trinajstić information content (AvgIpc) is 3.19. The minimum absolute atomic E-state index is 0.108. The molecule has 5 rings (SSSR count). The zero-order valence-corrected chi connectivity index (χ0v) is 18.1. The summed E-state index contributed by atoms with van der Waals surface area (Å²) in [7, 11) is 0. The van der Waals surface area contributed by atoms with Crippen molar-refractivity contribution in [3.63, 3.8) is 0 Å². The first-order chi connectivity index (χ1) is 15.8. The van der Waals surface area contributed by atoms with Crippen molar-refractivity contribution in [2.75, 3.05) is 6.54 Å². The van der Waals surface area contributed by atoms with Crippen LogP contribution in [0.4, 0.5) is 13.2 Å². The van der Waals surface area contributed by atoms with E-state index in [2.05, 4.69) is 4.98 Å². The number of alkyl halides is 3. The Bertz CT molecular complexity index is 1390. The third-order valence-corrected chi connectivity index (χ3v) is 6.89. The third-order valence-electron chi connectivity index (χ3n) is 5.77. The van der Waals surface area contributed by atoms with E-state index < -0.39 is 11.7 Å². The maximum absolute atomic E-state index is 13.2. The molecule has 3 heterocycles. The van der Waals surface area contributed by atoms with E-state index >= 15 is 0 Å². The number of hydrogen-bond donors (Lipinski definition) is 0. The fourth-order valence-electron chi connectivity index (χ4n) is 4.07. The summed E-state index contributed by atoms with van der Waals surface area (Å²) in [6.45, 7) is 1.10. The number of nitrogens with zero attached hydrogens (tertiary/aromatic N) is 3. The van der Waals surface area contributed by atoms with Gasteiger partial charge in [-0.3, -0.25) is 14.2 Å². The quantitative estimate of drug-likeness (QED) is 0.436. The molecular formula is C24H18F3N3O2S. The highest BCUT2D eigenvalue weighted by molar-refractivity contribution is 7.18. The molecule has 0 fully saturated rings. The van der Waals surface area contributed by atoms with E-state index in [9.17, 15) is 22.8 Å². The first kappa shape index (κ1) is 21.4. The summed E-state index contributed by atoms with van der Waals surface area (Å²) >= 11 is 1.38. The van der Waals surface area contributed by atoms with Gasteiger partial charge in [-0.2, -0.15) is 13.2 Å². The van der Waals surface area contributed by atoms with Gasteiger partial charge in [0.25, 0.3) is 11.5 Å². The van der Waals surface area contributed by atoms with Gasteiger partial charge < -0.3 is 4.90 Å². The number of halogens is 3. The van der Waals surface area contributed by atoms with Crippen LogP contribution in [0.15, 0.2) is 65.7 Å². The van der Waals surface area contributed by atoms with Crippen LogP contribution in [0.5, 0.6) is 0 Å². The summed E-state index contributed by atoms with van der Waals surface area (Å²) in [5.74, 6) is -0.332. The molecule has 0 N–H and O–H groups in total. The van der Waals surface area contributed by atoms with E-state index in [1.807, 2.05) is 30.3 Å². The second-order valence-electron chi connectivity index (χ2n) is 7.90. The van der Waals surface area contributed by atoms with E-state index in [0.717, 1.165) is 28.1 Å². The third kappa shape index (κ3) is 4.04. The normalized spacial score (nSPS) is 13.8. The van der Waals surface area contributed by atoms with Gasteiger partial charge in [0.2, 0.25) is 0 Å². The minimum Gasteiger partial charge on any atom is -0.333 e. The highest BCUT2D eigenvalue weighted by atomic mass is 32.1. The summed E-state index contributed by atoms with van der Waals surface area (Å²) in [6, 6.07) is 13.9. The monoisotopic (exact) mass is 469 g/mol. The molecule has 1 aliphatic rings. The zero-order valence-electron chi connectivity index (χ0n) is 17.3. The van der Waals surface area contributed by atoms with Crippen molar-refractivity contribution in [1.82, 2.24) is 14.5 Å². The molecule has 0 bridgehead atoms. The van der Waals surface area contributed by atoms with E-state index in [1.54, 1.807) is 15.8 Å². The molecule has 0 saturated carbocycles. The summed E-state index contributed by atoms with van der Waals surface area (Å²) in [5, 5.41) is 0.593. The number of fused-ring (bicyclic) bond motifs is 3. The lowest BCUT2D eigenvalue weighted by atomic mass is 10.0. The lowest BCUT2D eigenvalue weighted by molar-refractivity contribution is -0.137. The van der Waals surface area contributed by atoms with Gasteiger partial charge in [-0.15, -0.1) is 11.3 Å². The molecule has 1 amide bonds. The van der Waals surface area contributed by atoms with Gasteiger partial charge in [0, 0.05) is 17.0 Å². The Hall–Kier alpha value is -3.46. The van der Waals surface area contributed by atoms with Gasteiger partial charge >= 0.3 is 6.18 Å². The van der Waals surface area contributed by atoms with Crippen LogP contribution >= 0.6 is 11.3 Å². The van der Waals surface area contributed by atoms with Gasteiger partial charge in [0.05, 0.1) is 30.4 Å². The van der Waals surface area contributed by atoms with Gasteiger partial charge in [0.15, 0.2) is 0 Å². The van der Waals surface area contributed by atoms with Crippen molar-refractivity contribution >= 4 is 27.5 Å². The molecule has 0 aliphatic carbocycles. The molecular weight excluding hydrogens is 451 g/mol. The second-order valence-corrected chi connectivity index (χ2v) is 8.98. The van der Waals surface area contributed by atoms with Crippen LogP contribution in [-0.4, -0.2) is 26.9 Å². The number of thiophene rings is 1. The SMILES string of the molecule is O=C(c1ccc(C(F)(F)F)cc1)N1CCc2c(sc3ncn(Cc4ccccc4)c(=O)c23)C1. The minimum atomic E-state index is -4.45. The first-order valence-electron chi connectivity index (χ1n) is 10.3. The fraction of sp³-hybridized carbons (Fsp3) is 0.208. The second kappa shape index (κ2) is 8.15. The van der Waals surface area contributed by atoms with E-state index in [1.165, 1.54) is 23.5 Å². The summed E-state index contributed by atoms with van der Waals surface area (Å²) in [5.41, 5.74) is 1.21. The smallest absolute Gasteiger partial charge is 0.333 e. The Balaban J connectivity index is 1.41. The molecule has 33 heavy (non-hydrogen) atoms. The molecule has 4 aromatic rings. The van der Waals surface area contributed by atoms with Crippen LogP contribution in [0.3, 0.4) is 0 Å². The molecule has 2 aromatic carbocycles. The Morgan fingerprint density at radius 1 is 1.06 bits per heavy atom. The van der Waals surface area contributed by atoms with Crippen molar-refractivity contribution in [3.05, 3.63) is 98.4 Å². The van der Waals surface area contributed by atoms with Gasteiger partial charge in [-0.05, 0) is 41.8 Å². The molecule has 0 spiro atoms. The van der Waals surface area contributed by atoms with Gasteiger partial charge in [-0.1, -0.05) is 30.3 Å². The standard InChI is InChI=1S/C24H18F3N3O2S/c25-24(26,27)17-8-6-16(7-9-17)22(31)29-11-10-18-19(13-29)33-21-20(18)23(32)30(14-28-21)12-15-4-2-1-3-5-15/h1-9,14H,10-13H2.